The van der Waals surface area contributed by atoms with Crippen LogP contribution >= 0.6 is 0 Å². The SMILES string of the molecule is Cc1nc(C2CCN(CC(F)(F)F)CC2)ccc1COc1c(F)cc(F)cc1-c1cccc(N2CCC(C(=O)[O-])CC2)n1. The molecule has 2 fully saturated rings. The van der Waals surface area contributed by atoms with Gasteiger partial charge in [0.1, 0.15) is 18.2 Å². The van der Waals surface area contributed by atoms with E-state index in [1.54, 1.807) is 25.1 Å². The van der Waals surface area contributed by atoms with Gasteiger partial charge in [-0.3, -0.25) is 9.88 Å². The number of pyridine rings is 2. The van der Waals surface area contributed by atoms with Gasteiger partial charge in [-0.15, -0.1) is 0 Å². The van der Waals surface area contributed by atoms with E-state index >= 15 is 4.39 Å². The van der Waals surface area contributed by atoms with Crippen LogP contribution in [0.5, 0.6) is 5.75 Å². The molecule has 4 heterocycles. The minimum atomic E-state index is -4.22. The second kappa shape index (κ2) is 12.8. The Balaban J connectivity index is 1.28. The summed E-state index contributed by atoms with van der Waals surface area (Å²) in [6, 6.07) is 10.6. The molecule has 3 aromatic rings. The van der Waals surface area contributed by atoms with E-state index in [1.807, 2.05) is 17.0 Å². The maximum absolute atomic E-state index is 15.1. The molecule has 7 nitrogen and oxygen atoms in total. The number of rotatable bonds is 8. The summed E-state index contributed by atoms with van der Waals surface area (Å²) in [7, 11) is 0. The van der Waals surface area contributed by atoms with E-state index in [1.165, 1.54) is 4.90 Å². The molecule has 2 aliphatic heterocycles. The van der Waals surface area contributed by atoms with Crippen molar-refractivity contribution in [1.29, 1.82) is 0 Å². The number of carboxylic acids is 1. The third kappa shape index (κ3) is 7.59. The Morgan fingerprint density at radius 2 is 1.72 bits per heavy atom. The first-order chi connectivity index (χ1) is 20.5. The first-order valence-electron chi connectivity index (χ1n) is 14.3. The largest absolute Gasteiger partial charge is 0.550 e. The van der Waals surface area contributed by atoms with Crippen LogP contribution in [0.25, 0.3) is 11.3 Å². The molecule has 2 aromatic heterocycles. The minimum absolute atomic E-state index is 0.0456. The van der Waals surface area contributed by atoms with Crippen LogP contribution in [0.1, 0.15) is 48.6 Å². The Bertz CT molecular complexity index is 1450. The highest BCUT2D eigenvalue weighted by atomic mass is 19.4. The van der Waals surface area contributed by atoms with Gasteiger partial charge >= 0.3 is 6.18 Å². The maximum Gasteiger partial charge on any atom is 0.401 e. The van der Waals surface area contributed by atoms with Crippen molar-refractivity contribution in [2.75, 3.05) is 37.6 Å². The third-order valence-corrected chi connectivity index (χ3v) is 8.17. The predicted molar refractivity (Wildman–Crippen MR) is 147 cm³/mol. The van der Waals surface area contributed by atoms with Crippen LogP contribution in [-0.4, -0.2) is 59.7 Å². The van der Waals surface area contributed by atoms with Crippen molar-refractivity contribution in [3.8, 4) is 17.0 Å². The second-order valence-electron chi connectivity index (χ2n) is 11.2. The van der Waals surface area contributed by atoms with Crippen LogP contribution in [0.3, 0.4) is 0 Å². The quantitative estimate of drug-likeness (QED) is 0.335. The number of likely N-dealkylation sites (tertiary alicyclic amines) is 1. The van der Waals surface area contributed by atoms with Crippen molar-refractivity contribution in [2.24, 2.45) is 5.92 Å². The van der Waals surface area contributed by atoms with Crippen molar-refractivity contribution >= 4 is 11.8 Å². The van der Waals surface area contributed by atoms with Crippen LogP contribution < -0.4 is 14.7 Å². The number of alkyl halides is 3. The lowest BCUT2D eigenvalue weighted by Crippen LogP contribution is -2.41. The molecule has 0 saturated carbocycles. The number of benzene rings is 1. The van der Waals surface area contributed by atoms with Gasteiger partial charge in [0.15, 0.2) is 11.6 Å². The van der Waals surface area contributed by atoms with E-state index in [9.17, 15) is 27.5 Å². The van der Waals surface area contributed by atoms with Crippen LogP contribution in [0.2, 0.25) is 0 Å². The number of carboxylic acid groups (broad SMARTS) is 1. The number of ether oxygens (including phenoxy) is 1. The van der Waals surface area contributed by atoms with Gasteiger partial charge in [0.25, 0.3) is 0 Å². The van der Waals surface area contributed by atoms with Crippen LogP contribution in [0.4, 0.5) is 27.8 Å². The van der Waals surface area contributed by atoms with Crippen LogP contribution in [0.15, 0.2) is 42.5 Å². The van der Waals surface area contributed by atoms with Gasteiger partial charge < -0.3 is 19.5 Å². The molecular weight excluding hydrogens is 571 g/mol. The number of anilines is 1. The zero-order valence-corrected chi connectivity index (χ0v) is 23.7. The maximum atomic E-state index is 15.1. The third-order valence-electron chi connectivity index (χ3n) is 8.17. The topological polar surface area (TPSA) is 81.6 Å². The minimum Gasteiger partial charge on any atom is -0.550 e. The number of hydrogen-bond acceptors (Lipinski definition) is 7. The molecule has 0 aliphatic carbocycles. The number of aliphatic carboxylic acids is 1. The van der Waals surface area contributed by atoms with Gasteiger partial charge in [0.05, 0.1) is 12.2 Å². The smallest absolute Gasteiger partial charge is 0.401 e. The Morgan fingerprint density at radius 1 is 1.00 bits per heavy atom. The van der Waals surface area contributed by atoms with Crippen LogP contribution in [0, 0.1) is 24.5 Å². The molecular formula is C31H32F5N4O3-. The van der Waals surface area contributed by atoms with Gasteiger partial charge in [-0.1, -0.05) is 12.1 Å². The van der Waals surface area contributed by atoms with Gasteiger partial charge in [-0.25, -0.2) is 13.8 Å². The number of nitrogens with zero attached hydrogens (tertiary/aromatic N) is 4. The summed E-state index contributed by atoms with van der Waals surface area (Å²) in [5, 5.41) is 11.2. The molecule has 0 atom stereocenters. The fourth-order valence-electron chi connectivity index (χ4n) is 5.77. The number of piperidine rings is 2. The predicted octanol–water partition coefficient (Wildman–Crippen LogP) is 5.02. The molecule has 2 aliphatic rings. The zero-order valence-electron chi connectivity index (χ0n) is 23.7. The number of hydrogen-bond donors (Lipinski definition) is 0. The van der Waals surface area contributed by atoms with E-state index < -0.39 is 36.2 Å². The Kier molecular flexibility index (Phi) is 9.14. The fraction of sp³-hybridized carbons (Fsp3) is 0.452. The molecule has 0 N–H and O–H groups in total. The molecule has 0 unspecified atom stereocenters. The molecule has 0 bridgehead atoms. The van der Waals surface area contributed by atoms with E-state index in [-0.39, 0.29) is 23.8 Å². The van der Waals surface area contributed by atoms with Gasteiger partial charge in [-0.05, 0) is 70.0 Å². The number of halogens is 5. The number of carbonyl (C=O) groups is 1. The molecule has 0 radical (unpaired) electrons. The van der Waals surface area contributed by atoms with E-state index in [0.29, 0.717) is 74.6 Å². The summed E-state index contributed by atoms with van der Waals surface area (Å²) in [6.45, 7) is 2.45. The second-order valence-corrected chi connectivity index (χ2v) is 11.2. The van der Waals surface area contributed by atoms with Crippen molar-refractivity contribution < 1.29 is 36.6 Å². The van der Waals surface area contributed by atoms with E-state index in [2.05, 4.69) is 9.97 Å². The highest BCUT2D eigenvalue weighted by molar-refractivity contribution is 5.70. The molecule has 43 heavy (non-hydrogen) atoms. The highest BCUT2D eigenvalue weighted by Crippen LogP contribution is 2.35. The van der Waals surface area contributed by atoms with Crippen molar-refractivity contribution in [3.05, 3.63) is 71.1 Å². The summed E-state index contributed by atoms with van der Waals surface area (Å²) >= 11 is 0. The van der Waals surface area contributed by atoms with E-state index in [0.717, 1.165) is 17.8 Å². The lowest BCUT2D eigenvalue weighted by molar-refractivity contribution is -0.312. The number of aromatic nitrogens is 2. The molecule has 1 aromatic carbocycles. The van der Waals surface area contributed by atoms with E-state index in [4.69, 9.17) is 4.74 Å². The lowest BCUT2D eigenvalue weighted by atomic mass is 9.92. The van der Waals surface area contributed by atoms with Crippen molar-refractivity contribution in [1.82, 2.24) is 14.9 Å². The summed E-state index contributed by atoms with van der Waals surface area (Å²) in [5.41, 5.74) is 2.57. The summed E-state index contributed by atoms with van der Waals surface area (Å²) in [4.78, 5) is 23.8. The normalized spacial score (nSPS) is 17.3. The first kappa shape index (κ1) is 30.7. The molecule has 0 amide bonds. The van der Waals surface area contributed by atoms with Gasteiger partial charge in [0, 0.05) is 59.5 Å². The lowest BCUT2D eigenvalue weighted by Gasteiger charge is -2.33. The molecule has 12 heteroatoms. The fourth-order valence-corrected chi connectivity index (χ4v) is 5.77. The zero-order chi connectivity index (χ0) is 30.7. The van der Waals surface area contributed by atoms with Gasteiger partial charge in [-0.2, -0.15) is 13.2 Å². The summed E-state index contributed by atoms with van der Waals surface area (Å²) < 4.78 is 73.5. The van der Waals surface area contributed by atoms with Crippen molar-refractivity contribution in [3.63, 3.8) is 0 Å². The monoisotopic (exact) mass is 603 g/mol. The van der Waals surface area contributed by atoms with Crippen LogP contribution in [-0.2, 0) is 11.4 Å². The summed E-state index contributed by atoms with van der Waals surface area (Å²) in [6.07, 6.45) is -2.24. The standard InChI is InChI=1S/C31H33F5N4O3/c1-19-22(5-6-26(37-19)20-7-11-39(12-8-20)18-31(34,35)36)17-43-29-24(15-23(32)16-25(29)33)27-3-2-4-28(38-27)40-13-9-21(10-14-40)30(41)42/h2-6,15-16,20-21H,7-14,17-18H2,1H3,(H,41,42)/p-1. The number of carbonyl (C=O) groups excluding carboxylic acids is 1. The average molecular weight is 604 g/mol. The Labute approximate surface area is 246 Å². The average Bonchev–Trinajstić information content (AvgIpc) is 2.96. The number of aryl methyl sites for hydroxylation is 1. The first-order valence-corrected chi connectivity index (χ1v) is 14.3. The van der Waals surface area contributed by atoms with Crippen molar-refractivity contribution in [2.45, 2.75) is 51.3 Å². The molecule has 5 rings (SSSR count). The highest BCUT2D eigenvalue weighted by Gasteiger charge is 2.33. The van der Waals surface area contributed by atoms with Gasteiger partial charge in [0.2, 0.25) is 0 Å². The molecule has 2 saturated heterocycles. The molecule has 0 spiro atoms. The molecule has 230 valence electrons. The Morgan fingerprint density at radius 3 is 2.37 bits per heavy atom. The summed E-state index contributed by atoms with van der Waals surface area (Å²) in [5.74, 6) is -2.81. The Hall–Kier alpha value is -3.80.